The van der Waals surface area contributed by atoms with Crippen LogP contribution in [0.4, 0.5) is 5.69 Å². The van der Waals surface area contributed by atoms with Crippen molar-refractivity contribution in [2.75, 3.05) is 11.9 Å². The topological polar surface area (TPSA) is 66.5 Å². The first kappa shape index (κ1) is 13.2. The molecular weight excluding hydrogens is 280 g/mol. The number of nitrogens with zero attached hydrogens (tertiary/aromatic N) is 1. The van der Waals surface area contributed by atoms with Gasteiger partial charge in [-0.3, -0.25) is 19.3 Å². The second-order valence-corrected chi connectivity index (χ2v) is 6.18. The fourth-order valence-corrected chi connectivity index (χ4v) is 3.99. The Balaban J connectivity index is 1.47. The standard InChI is InChI=1S/C17H16N2O3/c20-13(18-12-4-2-1-3-5-12)9-19-16(21)14-10-6-7-11(8-10)15(14)17(19)22/h1-7,10-11,14-15H,8-9H2,(H,18,20)/t10-,11-,14-,15-/m0/s1. The lowest BCUT2D eigenvalue weighted by Crippen LogP contribution is -2.39. The van der Waals surface area contributed by atoms with Gasteiger partial charge in [0.1, 0.15) is 6.54 Å². The first-order chi connectivity index (χ1) is 10.6. The zero-order valence-electron chi connectivity index (χ0n) is 11.9. The van der Waals surface area contributed by atoms with Gasteiger partial charge in [-0.1, -0.05) is 30.4 Å². The maximum absolute atomic E-state index is 12.5. The number of benzene rings is 1. The molecule has 2 bridgehead atoms. The van der Waals surface area contributed by atoms with Gasteiger partial charge < -0.3 is 5.32 Å². The van der Waals surface area contributed by atoms with Crippen LogP contribution in [0.1, 0.15) is 6.42 Å². The first-order valence-electron chi connectivity index (χ1n) is 7.53. The number of para-hydroxylation sites is 1. The Labute approximate surface area is 128 Å². The maximum atomic E-state index is 12.5. The summed E-state index contributed by atoms with van der Waals surface area (Å²) in [5.74, 6) is -0.848. The van der Waals surface area contributed by atoms with Crippen LogP contribution in [0.2, 0.25) is 0 Å². The molecule has 2 fully saturated rings. The van der Waals surface area contributed by atoms with Crippen LogP contribution in [-0.2, 0) is 14.4 Å². The van der Waals surface area contributed by atoms with Crippen molar-refractivity contribution in [1.82, 2.24) is 4.90 Å². The molecule has 5 heteroatoms. The van der Waals surface area contributed by atoms with Crippen molar-refractivity contribution in [1.29, 1.82) is 0 Å². The Hall–Kier alpha value is -2.43. The predicted octanol–water partition coefficient (Wildman–Crippen LogP) is 1.43. The summed E-state index contributed by atoms with van der Waals surface area (Å²) in [5, 5.41) is 2.71. The predicted molar refractivity (Wildman–Crippen MR) is 79.5 cm³/mol. The van der Waals surface area contributed by atoms with Gasteiger partial charge in [0.05, 0.1) is 11.8 Å². The van der Waals surface area contributed by atoms with Gasteiger partial charge >= 0.3 is 0 Å². The fraction of sp³-hybridized carbons (Fsp3) is 0.353. The van der Waals surface area contributed by atoms with E-state index < -0.39 is 0 Å². The van der Waals surface area contributed by atoms with Gasteiger partial charge in [-0.05, 0) is 30.4 Å². The molecule has 4 rings (SSSR count). The van der Waals surface area contributed by atoms with Crippen LogP contribution in [0.25, 0.3) is 0 Å². The molecule has 1 heterocycles. The molecule has 1 aliphatic heterocycles. The molecule has 0 radical (unpaired) electrons. The molecule has 4 atom stereocenters. The molecule has 3 aliphatic rings. The summed E-state index contributed by atoms with van der Waals surface area (Å²) in [7, 11) is 0. The van der Waals surface area contributed by atoms with E-state index in [0.717, 1.165) is 11.3 Å². The van der Waals surface area contributed by atoms with Crippen molar-refractivity contribution in [3.05, 3.63) is 42.5 Å². The van der Waals surface area contributed by atoms with E-state index in [1.807, 2.05) is 30.4 Å². The maximum Gasteiger partial charge on any atom is 0.244 e. The number of allylic oxidation sites excluding steroid dienone is 2. The highest BCUT2D eigenvalue weighted by Crippen LogP contribution is 2.52. The molecule has 0 unspecified atom stereocenters. The molecule has 0 spiro atoms. The third kappa shape index (κ3) is 1.89. The van der Waals surface area contributed by atoms with Gasteiger partial charge in [0.2, 0.25) is 17.7 Å². The number of hydrogen-bond donors (Lipinski definition) is 1. The second-order valence-electron chi connectivity index (χ2n) is 6.18. The smallest absolute Gasteiger partial charge is 0.244 e. The minimum Gasteiger partial charge on any atom is -0.325 e. The molecule has 1 aromatic rings. The fourth-order valence-electron chi connectivity index (χ4n) is 3.99. The SMILES string of the molecule is O=C(CN1C(=O)[C@@H]2[C@@H](C1=O)[C@H]1C=C[C@H]2C1)Nc1ccccc1. The van der Waals surface area contributed by atoms with Crippen LogP contribution < -0.4 is 5.32 Å². The minimum absolute atomic E-state index is 0.175. The van der Waals surface area contributed by atoms with E-state index in [1.165, 1.54) is 0 Å². The Morgan fingerprint density at radius 1 is 1.05 bits per heavy atom. The van der Waals surface area contributed by atoms with E-state index in [-0.39, 0.29) is 47.9 Å². The normalized spacial score (nSPS) is 31.7. The molecular formula is C17H16N2O3. The molecule has 22 heavy (non-hydrogen) atoms. The molecule has 0 aromatic heterocycles. The Morgan fingerprint density at radius 3 is 2.23 bits per heavy atom. The van der Waals surface area contributed by atoms with Crippen LogP contribution in [0, 0.1) is 23.7 Å². The lowest BCUT2D eigenvalue weighted by atomic mass is 9.85. The molecule has 112 valence electrons. The quantitative estimate of drug-likeness (QED) is 0.678. The van der Waals surface area contributed by atoms with E-state index in [0.29, 0.717) is 5.69 Å². The van der Waals surface area contributed by atoms with Gasteiger partial charge in [-0.2, -0.15) is 0 Å². The number of anilines is 1. The van der Waals surface area contributed by atoms with E-state index in [1.54, 1.807) is 12.1 Å². The molecule has 2 aliphatic carbocycles. The van der Waals surface area contributed by atoms with Crippen LogP contribution >= 0.6 is 0 Å². The molecule has 5 nitrogen and oxygen atoms in total. The number of carbonyl (C=O) groups is 3. The molecule has 1 N–H and O–H groups in total. The lowest BCUT2D eigenvalue weighted by Gasteiger charge is -2.16. The molecule has 1 saturated carbocycles. The number of amides is 3. The average molecular weight is 296 g/mol. The highest BCUT2D eigenvalue weighted by molar-refractivity contribution is 6.09. The second kappa shape index (κ2) is 4.80. The summed E-state index contributed by atoms with van der Waals surface area (Å²) >= 11 is 0. The van der Waals surface area contributed by atoms with Gasteiger partial charge in [-0.25, -0.2) is 0 Å². The van der Waals surface area contributed by atoms with E-state index >= 15 is 0 Å². The zero-order chi connectivity index (χ0) is 15.3. The monoisotopic (exact) mass is 296 g/mol. The number of rotatable bonds is 3. The van der Waals surface area contributed by atoms with Gasteiger partial charge in [0.15, 0.2) is 0 Å². The summed E-state index contributed by atoms with van der Waals surface area (Å²) in [5.41, 5.74) is 0.661. The Bertz CT molecular complexity index is 652. The van der Waals surface area contributed by atoms with Gasteiger partial charge in [-0.15, -0.1) is 0 Å². The minimum atomic E-state index is -0.340. The molecule has 3 amide bonds. The Kier molecular flexibility index (Phi) is 2.89. The van der Waals surface area contributed by atoms with E-state index in [2.05, 4.69) is 5.32 Å². The largest absolute Gasteiger partial charge is 0.325 e. The number of nitrogens with one attached hydrogen (secondary N) is 1. The summed E-state index contributed by atoms with van der Waals surface area (Å²) in [6.45, 7) is -0.195. The number of carbonyl (C=O) groups excluding carboxylic acids is 3. The summed E-state index contributed by atoms with van der Waals surface area (Å²) < 4.78 is 0. The van der Waals surface area contributed by atoms with Crippen molar-refractivity contribution in [2.24, 2.45) is 23.7 Å². The van der Waals surface area contributed by atoms with Crippen molar-refractivity contribution < 1.29 is 14.4 Å². The molecule has 1 aromatic carbocycles. The van der Waals surface area contributed by atoms with Crippen LogP contribution in [0.3, 0.4) is 0 Å². The third-order valence-corrected chi connectivity index (χ3v) is 4.92. The van der Waals surface area contributed by atoms with Crippen molar-refractivity contribution >= 4 is 23.4 Å². The van der Waals surface area contributed by atoms with Crippen LogP contribution in [-0.4, -0.2) is 29.2 Å². The number of imide groups is 1. The highest BCUT2D eigenvalue weighted by Gasteiger charge is 2.59. The zero-order valence-corrected chi connectivity index (χ0v) is 11.9. The molecule has 1 saturated heterocycles. The Morgan fingerprint density at radius 2 is 1.64 bits per heavy atom. The highest BCUT2D eigenvalue weighted by atomic mass is 16.2. The number of fused-ring (bicyclic) bond motifs is 5. The summed E-state index contributed by atoms with van der Waals surface area (Å²) in [6.07, 6.45) is 4.99. The van der Waals surface area contributed by atoms with Crippen LogP contribution in [0.5, 0.6) is 0 Å². The van der Waals surface area contributed by atoms with E-state index in [9.17, 15) is 14.4 Å². The van der Waals surface area contributed by atoms with Crippen molar-refractivity contribution in [3.8, 4) is 0 Å². The third-order valence-electron chi connectivity index (χ3n) is 4.92. The summed E-state index contributed by atoms with van der Waals surface area (Å²) in [6, 6.07) is 9.02. The average Bonchev–Trinajstić information content (AvgIpc) is 3.18. The first-order valence-corrected chi connectivity index (χ1v) is 7.53. The van der Waals surface area contributed by atoms with Crippen molar-refractivity contribution in [2.45, 2.75) is 6.42 Å². The van der Waals surface area contributed by atoms with Crippen LogP contribution in [0.15, 0.2) is 42.5 Å². The van der Waals surface area contributed by atoms with Gasteiger partial charge in [0, 0.05) is 5.69 Å². The van der Waals surface area contributed by atoms with E-state index in [4.69, 9.17) is 0 Å². The summed E-state index contributed by atoms with van der Waals surface area (Å²) in [4.78, 5) is 38.2. The number of likely N-dealkylation sites (tertiary alicyclic amines) is 1. The number of hydrogen-bond acceptors (Lipinski definition) is 3. The van der Waals surface area contributed by atoms with Gasteiger partial charge in [0.25, 0.3) is 0 Å². The van der Waals surface area contributed by atoms with Crippen molar-refractivity contribution in [3.63, 3.8) is 0 Å². The lowest BCUT2D eigenvalue weighted by molar-refractivity contribution is -0.143.